The van der Waals surface area contributed by atoms with Crippen molar-refractivity contribution in [3.05, 3.63) is 29.6 Å². The van der Waals surface area contributed by atoms with Crippen LogP contribution in [0.4, 0.5) is 0 Å². The van der Waals surface area contributed by atoms with Crippen LogP contribution < -0.4 is 21.5 Å². The Morgan fingerprint density at radius 3 is 2.83 bits per heavy atom. The predicted octanol–water partition coefficient (Wildman–Crippen LogP) is -1.36. The first kappa shape index (κ1) is 16.3. The predicted molar refractivity (Wildman–Crippen MR) is 82.5 cm³/mol. The van der Waals surface area contributed by atoms with Gasteiger partial charge in [-0.05, 0) is 12.1 Å². The van der Waals surface area contributed by atoms with Gasteiger partial charge in [0, 0.05) is 31.0 Å². The number of carbonyl (C=O) groups is 3. The Kier molecular flexibility index (Phi) is 4.45. The molecule has 0 aliphatic carbocycles. The van der Waals surface area contributed by atoms with Crippen LogP contribution in [0.2, 0.25) is 0 Å². The van der Waals surface area contributed by atoms with Gasteiger partial charge < -0.3 is 15.4 Å². The summed E-state index contributed by atoms with van der Waals surface area (Å²) in [6.07, 6.45) is -0.197. The molecule has 2 aliphatic rings. The quantitative estimate of drug-likeness (QED) is 0.504. The molecule has 0 bridgehead atoms. The summed E-state index contributed by atoms with van der Waals surface area (Å²) in [6.45, 7) is 0. The topological polar surface area (TPSA) is 121 Å². The molecule has 2 fully saturated rings. The lowest BCUT2D eigenvalue weighted by Gasteiger charge is -2.34. The van der Waals surface area contributed by atoms with E-state index in [1.807, 2.05) is 0 Å². The summed E-state index contributed by atoms with van der Waals surface area (Å²) in [5.74, 6) is -1.40. The SMILES string of the molecule is CNC(=O)C1NNC2NC(=O)CC(c3cccc(C(=O)OC)n3)C21. The van der Waals surface area contributed by atoms with Crippen molar-refractivity contribution in [1.29, 1.82) is 0 Å². The highest BCUT2D eigenvalue weighted by atomic mass is 16.5. The molecular weight excluding hydrogens is 314 g/mol. The van der Waals surface area contributed by atoms with Crippen LogP contribution in [0.5, 0.6) is 0 Å². The van der Waals surface area contributed by atoms with Crippen molar-refractivity contribution < 1.29 is 19.1 Å². The van der Waals surface area contributed by atoms with Crippen LogP contribution in [-0.2, 0) is 14.3 Å². The van der Waals surface area contributed by atoms with E-state index in [9.17, 15) is 14.4 Å². The first-order chi connectivity index (χ1) is 11.5. The fraction of sp³-hybridized carbons (Fsp3) is 0.467. The highest BCUT2D eigenvalue weighted by molar-refractivity contribution is 5.87. The van der Waals surface area contributed by atoms with E-state index in [-0.39, 0.29) is 41.9 Å². The summed E-state index contributed by atoms with van der Waals surface area (Å²) in [5, 5.41) is 5.44. The molecule has 2 aliphatic heterocycles. The van der Waals surface area contributed by atoms with Gasteiger partial charge in [0.25, 0.3) is 0 Å². The molecule has 24 heavy (non-hydrogen) atoms. The van der Waals surface area contributed by atoms with Gasteiger partial charge in [-0.3, -0.25) is 9.59 Å². The van der Waals surface area contributed by atoms with E-state index in [0.29, 0.717) is 5.69 Å². The molecule has 1 aromatic heterocycles. The third-order valence-corrected chi connectivity index (χ3v) is 4.42. The molecule has 1 aromatic rings. The Morgan fingerprint density at radius 1 is 1.33 bits per heavy atom. The van der Waals surface area contributed by atoms with Crippen LogP contribution in [0.15, 0.2) is 18.2 Å². The van der Waals surface area contributed by atoms with E-state index in [2.05, 4.69) is 26.5 Å². The molecule has 3 rings (SSSR count). The van der Waals surface area contributed by atoms with Gasteiger partial charge >= 0.3 is 5.97 Å². The molecular formula is C15H19N5O4. The fourth-order valence-electron chi connectivity index (χ4n) is 3.30. The minimum absolute atomic E-state index is 0.140. The molecule has 4 atom stereocenters. The number of methoxy groups -OCH3 is 1. The van der Waals surface area contributed by atoms with Crippen molar-refractivity contribution in [3.8, 4) is 0 Å². The zero-order valence-electron chi connectivity index (χ0n) is 13.3. The molecule has 0 spiro atoms. The largest absolute Gasteiger partial charge is 0.464 e. The maximum absolute atomic E-state index is 12.1. The molecule has 2 saturated heterocycles. The van der Waals surface area contributed by atoms with Crippen molar-refractivity contribution in [1.82, 2.24) is 26.5 Å². The van der Waals surface area contributed by atoms with Gasteiger partial charge in [0.1, 0.15) is 11.7 Å². The second-order valence-electron chi connectivity index (χ2n) is 5.75. The molecule has 9 heteroatoms. The fourth-order valence-corrected chi connectivity index (χ4v) is 3.30. The summed E-state index contributed by atoms with van der Waals surface area (Å²) in [4.78, 5) is 40.2. The maximum atomic E-state index is 12.1. The Labute approximate surface area is 138 Å². The highest BCUT2D eigenvalue weighted by Gasteiger charge is 2.49. The molecule has 0 radical (unpaired) electrons. The van der Waals surface area contributed by atoms with E-state index >= 15 is 0 Å². The summed E-state index contributed by atoms with van der Waals surface area (Å²) in [6, 6.07) is 4.48. The second-order valence-corrected chi connectivity index (χ2v) is 5.75. The first-order valence-electron chi connectivity index (χ1n) is 7.62. The lowest BCUT2D eigenvalue weighted by atomic mass is 9.77. The number of hydrogen-bond donors (Lipinski definition) is 4. The number of piperidine rings is 1. The second kappa shape index (κ2) is 6.54. The number of nitrogens with zero attached hydrogens (tertiary/aromatic N) is 1. The molecule has 9 nitrogen and oxygen atoms in total. The molecule has 0 saturated carbocycles. The van der Waals surface area contributed by atoms with E-state index in [4.69, 9.17) is 4.74 Å². The number of likely N-dealkylation sites (N-methyl/N-ethyl adjacent to an activating group) is 1. The average molecular weight is 333 g/mol. The number of aromatic nitrogens is 1. The minimum Gasteiger partial charge on any atom is -0.464 e. The zero-order chi connectivity index (χ0) is 17.3. The number of fused-ring (bicyclic) bond motifs is 1. The number of hydrazine groups is 1. The number of ether oxygens (including phenoxy) is 1. The van der Waals surface area contributed by atoms with Gasteiger partial charge in [-0.15, -0.1) is 0 Å². The van der Waals surface area contributed by atoms with Gasteiger partial charge in [0.2, 0.25) is 11.8 Å². The smallest absolute Gasteiger partial charge is 0.356 e. The third-order valence-electron chi connectivity index (χ3n) is 4.42. The number of amides is 2. The van der Waals surface area contributed by atoms with Gasteiger partial charge in [-0.2, -0.15) is 0 Å². The maximum Gasteiger partial charge on any atom is 0.356 e. The zero-order valence-corrected chi connectivity index (χ0v) is 13.3. The minimum atomic E-state index is -0.542. The van der Waals surface area contributed by atoms with Crippen molar-refractivity contribution in [2.24, 2.45) is 5.92 Å². The Morgan fingerprint density at radius 2 is 2.12 bits per heavy atom. The average Bonchev–Trinajstić information content (AvgIpc) is 3.03. The van der Waals surface area contributed by atoms with Crippen LogP contribution >= 0.6 is 0 Å². The third kappa shape index (κ3) is 2.83. The van der Waals surface area contributed by atoms with E-state index in [0.717, 1.165) is 0 Å². The van der Waals surface area contributed by atoms with E-state index < -0.39 is 12.0 Å². The molecule has 0 aromatic carbocycles. The summed E-state index contributed by atoms with van der Waals surface area (Å²) in [5.41, 5.74) is 6.62. The number of nitrogens with one attached hydrogen (secondary N) is 4. The molecule has 2 amide bonds. The van der Waals surface area contributed by atoms with Gasteiger partial charge in [0.05, 0.1) is 13.3 Å². The van der Waals surface area contributed by atoms with Gasteiger partial charge in [-0.1, -0.05) is 6.07 Å². The Hall–Kier alpha value is -2.52. The Bertz CT molecular complexity index is 680. The number of hydrogen-bond acceptors (Lipinski definition) is 7. The van der Waals surface area contributed by atoms with Crippen molar-refractivity contribution in [2.75, 3.05) is 14.2 Å². The monoisotopic (exact) mass is 333 g/mol. The van der Waals surface area contributed by atoms with Crippen LogP contribution in [0.1, 0.15) is 28.5 Å². The van der Waals surface area contributed by atoms with E-state index in [1.165, 1.54) is 7.11 Å². The van der Waals surface area contributed by atoms with Crippen LogP contribution in [0, 0.1) is 5.92 Å². The molecule has 128 valence electrons. The number of esters is 1. The molecule has 3 heterocycles. The number of carbonyl (C=O) groups excluding carboxylic acids is 3. The molecule has 4 N–H and O–H groups in total. The first-order valence-corrected chi connectivity index (χ1v) is 7.62. The van der Waals surface area contributed by atoms with Crippen molar-refractivity contribution >= 4 is 17.8 Å². The van der Waals surface area contributed by atoms with Crippen molar-refractivity contribution in [2.45, 2.75) is 24.5 Å². The van der Waals surface area contributed by atoms with Crippen LogP contribution in [0.25, 0.3) is 0 Å². The summed E-state index contributed by atoms with van der Waals surface area (Å²) < 4.78 is 4.69. The Balaban J connectivity index is 1.96. The lowest BCUT2D eigenvalue weighted by Crippen LogP contribution is -2.53. The van der Waals surface area contributed by atoms with Crippen LogP contribution in [0.3, 0.4) is 0 Å². The number of pyridine rings is 1. The number of rotatable bonds is 3. The standard InChI is InChI=1S/C15H19N5O4/c1-16-14(22)12-11-7(6-10(21)18-13(11)20-19-12)8-4-3-5-9(17-8)15(23)24-2/h3-5,7,11-13,19-20H,6H2,1-2H3,(H,16,22)(H,18,21). The highest BCUT2D eigenvalue weighted by Crippen LogP contribution is 2.36. The normalized spacial score (nSPS) is 28.7. The van der Waals surface area contributed by atoms with E-state index in [1.54, 1.807) is 25.2 Å². The summed E-state index contributed by atoms with van der Waals surface area (Å²) in [7, 11) is 2.84. The lowest BCUT2D eigenvalue weighted by molar-refractivity contribution is -0.128. The summed E-state index contributed by atoms with van der Waals surface area (Å²) >= 11 is 0. The van der Waals surface area contributed by atoms with Crippen molar-refractivity contribution in [3.63, 3.8) is 0 Å². The van der Waals surface area contributed by atoms with Crippen LogP contribution in [-0.4, -0.2) is 49.1 Å². The van der Waals surface area contributed by atoms with Gasteiger partial charge in [0.15, 0.2) is 0 Å². The van der Waals surface area contributed by atoms with Gasteiger partial charge in [-0.25, -0.2) is 20.6 Å². The molecule has 4 unspecified atom stereocenters.